The predicted molar refractivity (Wildman–Crippen MR) is 110 cm³/mol. The fraction of sp³-hybridized carbons (Fsp3) is 0.300. The van der Waals surface area contributed by atoms with E-state index in [4.69, 9.17) is 4.74 Å². The van der Waals surface area contributed by atoms with Crippen LogP contribution in [-0.2, 0) is 11.3 Å². The zero-order valence-electron chi connectivity index (χ0n) is 16.1. The Hall–Kier alpha value is -2.87. The largest absolute Gasteiger partial charge is 0.497 e. The first kappa shape index (κ1) is 19.9. The Morgan fingerprint density at radius 3 is 2.54 bits per heavy atom. The van der Waals surface area contributed by atoms with E-state index in [0.29, 0.717) is 0 Å². The molecule has 0 aliphatic rings. The van der Waals surface area contributed by atoms with Crippen LogP contribution in [0.2, 0.25) is 0 Å². The van der Waals surface area contributed by atoms with Crippen molar-refractivity contribution in [2.75, 3.05) is 12.4 Å². The Labute approximate surface area is 168 Å². The van der Waals surface area contributed by atoms with Crippen LogP contribution < -0.4 is 10.1 Å². The molecule has 3 rings (SSSR count). The lowest BCUT2D eigenvalue weighted by atomic mass is 10.2. The highest BCUT2D eigenvalue weighted by atomic mass is 32.2. The van der Waals surface area contributed by atoms with Crippen LogP contribution in [0.1, 0.15) is 20.3 Å². The number of nitrogens with zero attached hydrogens (tertiary/aromatic N) is 4. The molecule has 1 aromatic carbocycles. The molecule has 28 heavy (non-hydrogen) atoms. The van der Waals surface area contributed by atoms with Crippen molar-refractivity contribution in [2.24, 2.45) is 0 Å². The van der Waals surface area contributed by atoms with Crippen molar-refractivity contribution in [1.29, 1.82) is 0 Å². The van der Waals surface area contributed by atoms with Crippen LogP contribution in [0.3, 0.4) is 0 Å². The minimum atomic E-state index is -0.327. The van der Waals surface area contributed by atoms with E-state index in [2.05, 4.69) is 32.0 Å². The molecular formula is C20H23N5O2S. The Bertz CT molecular complexity index is 912. The quantitative estimate of drug-likeness (QED) is 0.581. The number of pyridine rings is 1. The first-order chi connectivity index (χ1) is 13.6. The minimum Gasteiger partial charge on any atom is -0.497 e. The Kier molecular flexibility index (Phi) is 6.65. The molecule has 1 N–H and O–H groups in total. The number of thioether (sulfide) groups is 1. The summed E-state index contributed by atoms with van der Waals surface area (Å²) in [6.45, 7) is 4.74. The molecule has 2 heterocycles. The number of amides is 1. The summed E-state index contributed by atoms with van der Waals surface area (Å²) in [6.07, 6.45) is 4.41. The average molecular weight is 398 g/mol. The van der Waals surface area contributed by atoms with Crippen LogP contribution >= 0.6 is 11.8 Å². The maximum atomic E-state index is 12.6. The third-order valence-electron chi connectivity index (χ3n) is 4.11. The summed E-state index contributed by atoms with van der Waals surface area (Å²) >= 11 is 1.40. The summed E-state index contributed by atoms with van der Waals surface area (Å²) in [5.41, 5.74) is 1.68. The molecule has 8 heteroatoms. The number of methoxy groups -OCH3 is 1. The van der Waals surface area contributed by atoms with E-state index < -0.39 is 0 Å². The van der Waals surface area contributed by atoms with Crippen LogP contribution in [0, 0.1) is 0 Å². The smallest absolute Gasteiger partial charge is 0.237 e. The van der Waals surface area contributed by atoms with E-state index in [1.165, 1.54) is 11.8 Å². The number of hydrogen-bond donors (Lipinski definition) is 1. The second-order valence-corrected chi connectivity index (χ2v) is 7.48. The first-order valence-corrected chi connectivity index (χ1v) is 9.95. The topological polar surface area (TPSA) is 81.9 Å². The number of aromatic nitrogens is 4. The summed E-state index contributed by atoms with van der Waals surface area (Å²) in [7, 11) is 1.61. The molecule has 0 saturated heterocycles. The summed E-state index contributed by atoms with van der Waals surface area (Å²) in [5, 5.41) is 12.0. The van der Waals surface area contributed by atoms with Crippen LogP contribution in [0.15, 0.2) is 53.9 Å². The maximum Gasteiger partial charge on any atom is 0.237 e. The summed E-state index contributed by atoms with van der Waals surface area (Å²) in [6, 6.07) is 11.1. The lowest BCUT2D eigenvalue weighted by Gasteiger charge is -2.13. The number of hydrogen-bond acceptors (Lipinski definition) is 6. The normalized spacial score (nSPS) is 11.8. The molecule has 0 aliphatic carbocycles. The molecular weight excluding hydrogens is 374 g/mol. The molecule has 0 fully saturated rings. The lowest BCUT2D eigenvalue weighted by Crippen LogP contribution is -2.23. The molecule has 146 valence electrons. The van der Waals surface area contributed by atoms with Crippen molar-refractivity contribution < 1.29 is 9.53 Å². The number of carbonyl (C=O) groups excluding carboxylic acids is 1. The number of ether oxygens (including phenoxy) is 1. The molecule has 1 amide bonds. The van der Waals surface area contributed by atoms with E-state index in [9.17, 15) is 4.79 Å². The standard InChI is InChI=1S/C20H23N5O2S/c1-4-13-25-18(15-9-11-21-12-10-15)23-24-20(25)28-14(2)19(26)22-16-5-7-17(27-3)8-6-16/h5-12,14H,4,13H2,1-3H3,(H,22,26)/t14-/m0/s1. The second-order valence-electron chi connectivity index (χ2n) is 6.17. The zero-order chi connectivity index (χ0) is 19.9. The third kappa shape index (κ3) is 4.69. The molecule has 1 atom stereocenters. The van der Waals surface area contributed by atoms with Gasteiger partial charge >= 0.3 is 0 Å². The number of anilines is 1. The van der Waals surface area contributed by atoms with E-state index in [0.717, 1.165) is 40.9 Å². The minimum absolute atomic E-state index is 0.0910. The molecule has 0 bridgehead atoms. The SMILES string of the molecule is CCCn1c(S[C@@H](C)C(=O)Nc2ccc(OC)cc2)nnc1-c1ccncc1. The Balaban J connectivity index is 1.73. The van der Waals surface area contributed by atoms with Gasteiger partial charge in [-0.25, -0.2) is 0 Å². The van der Waals surface area contributed by atoms with Crippen LogP contribution in [0.25, 0.3) is 11.4 Å². The molecule has 0 aliphatic heterocycles. The van der Waals surface area contributed by atoms with E-state index in [1.54, 1.807) is 19.5 Å². The fourth-order valence-corrected chi connectivity index (χ4v) is 3.52. The monoisotopic (exact) mass is 397 g/mol. The lowest BCUT2D eigenvalue weighted by molar-refractivity contribution is -0.115. The van der Waals surface area contributed by atoms with Gasteiger partial charge in [0, 0.05) is 30.2 Å². The van der Waals surface area contributed by atoms with Crippen molar-refractivity contribution >= 4 is 23.4 Å². The molecule has 0 radical (unpaired) electrons. The van der Waals surface area contributed by atoms with Crippen molar-refractivity contribution in [1.82, 2.24) is 19.7 Å². The number of carbonyl (C=O) groups is 1. The van der Waals surface area contributed by atoms with Crippen LogP contribution in [-0.4, -0.2) is 38.0 Å². The van der Waals surface area contributed by atoms with Gasteiger partial charge in [0.25, 0.3) is 0 Å². The van der Waals surface area contributed by atoms with E-state index in [1.807, 2.05) is 43.3 Å². The highest BCUT2D eigenvalue weighted by Crippen LogP contribution is 2.27. The van der Waals surface area contributed by atoms with Crippen molar-refractivity contribution in [3.8, 4) is 17.1 Å². The first-order valence-electron chi connectivity index (χ1n) is 9.07. The summed E-state index contributed by atoms with van der Waals surface area (Å²) in [4.78, 5) is 16.6. The van der Waals surface area contributed by atoms with Gasteiger partial charge in [-0.05, 0) is 49.7 Å². The molecule has 7 nitrogen and oxygen atoms in total. The van der Waals surface area contributed by atoms with Gasteiger partial charge < -0.3 is 14.6 Å². The van der Waals surface area contributed by atoms with Crippen molar-refractivity contribution in [2.45, 2.75) is 37.2 Å². The highest BCUT2D eigenvalue weighted by molar-refractivity contribution is 8.00. The second kappa shape index (κ2) is 9.36. The Morgan fingerprint density at radius 1 is 1.18 bits per heavy atom. The van der Waals surface area contributed by atoms with Crippen molar-refractivity contribution in [3.05, 3.63) is 48.8 Å². The molecule has 0 spiro atoms. The van der Waals surface area contributed by atoms with Gasteiger partial charge in [0.15, 0.2) is 11.0 Å². The van der Waals surface area contributed by atoms with Gasteiger partial charge in [-0.3, -0.25) is 9.78 Å². The summed E-state index contributed by atoms with van der Waals surface area (Å²) in [5.74, 6) is 1.44. The number of benzene rings is 1. The maximum absolute atomic E-state index is 12.6. The third-order valence-corrected chi connectivity index (χ3v) is 5.19. The van der Waals surface area contributed by atoms with Gasteiger partial charge in [0.1, 0.15) is 5.75 Å². The van der Waals surface area contributed by atoms with Gasteiger partial charge in [0.2, 0.25) is 5.91 Å². The fourth-order valence-electron chi connectivity index (χ4n) is 2.65. The summed E-state index contributed by atoms with van der Waals surface area (Å²) < 4.78 is 7.19. The number of nitrogens with one attached hydrogen (secondary N) is 1. The molecule has 0 saturated carbocycles. The van der Waals surface area contributed by atoms with Gasteiger partial charge in [-0.2, -0.15) is 0 Å². The highest BCUT2D eigenvalue weighted by Gasteiger charge is 2.20. The van der Waals surface area contributed by atoms with E-state index >= 15 is 0 Å². The number of rotatable bonds is 8. The average Bonchev–Trinajstić information content (AvgIpc) is 3.11. The predicted octanol–water partition coefficient (Wildman–Crippen LogP) is 3.88. The van der Waals surface area contributed by atoms with Crippen LogP contribution in [0.5, 0.6) is 5.75 Å². The van der Waals surface area contributed by atoms with Crippen molar-refractivity contribution in [3.63, 3.8) is 0 Å². The zero-order valence-corrected chi connectivity index (χ0v) is 16.9. The van der Waals surface area contributed by atoms with Gasteiger partial charge in [-0.1, -0.05) is 18.7 Å². The van der Waals surface area contributed by atoms with Crippen LogP contribution in [0.4, 0.5) is 5.69 Å². The van der Waals surface area contributed by atoms with Gasteiger partial charge in [0.05, 0.1) is 12.4 Å². The molecule has 3 aromatic rings. The van der Waals surface area contributed by atoms with E-state index in [-0.39, 0.29) is 11.2 Å². The molecule has 0 unspecified atom stereocenters. The Morgan fingerprint density at radius 2 is 1.89 bits per heavy atom. The van der Waals surface area contributed by atoms with Gasteiger partial charge in [-0.15, -0.1) is 10.2 Å². The molecule has 2 aromatic heterocycles.